The number of ketones is 2. The van der Waals surface area contributed by atoms with Crippen molar-refractivity contribution in [1.29, 1.82) is 0 Å². The highest BCUT2D eigenvalue weighted by molar-refractivity contribution is 6.10. The molecule has 2 fully saturated rings. The first-order valence-corrected chi connectivity index (χ1v) is 10.8. The molecular formula is C25H30N2O4. The molecule has 0 unspecified atom stereocenters. The number of hydrogen-bond acceptors (Lipinski definition) is 4. The average molecular weight is 423 g/mol. The van der Waals surface area contributed by atoms with Crippen molar-refractivity contribution in [3.63, 3.8) is 0 Å². The van der Waals surface area contributed by atoms with Gasteiger partial charge in [-0.15, -0.1) is 5.92 Å². The number of primary amides is 1. The fourth-order valence-electron chi connectivity index (χ4n) is 5.13. The van der Waals surface area contributed by atoms with Crippen LogP contribution in [0.5, 0.6) is 0 Å². The first-order valence-electron chi connectivity index (χ1n) is 10.8. The molecule has 1 aliphatic carbocycles. The van der Waals surface area contributed by atoms with E-state index in [2.05, 4.69) is 11.8 Å². The Morgan fingerprint density at radius 2 is 1.61 bits per heavy atom. The van der Waals surface area contributed by atoms with Crippen molar-refractivity contribution in [2.45, 2.75) is 65.2 Å². The van der Waals surface area contributed by atoms with E-state index >= 15 is 0 Å². The van der Waals surface area contributed by atoms with Crippen LogP contribution in [0.2, 0.25) is 0 Å². The van der Waals surface area contributed by atoms with E-state index in [1.54, 1.807) is 11.8 Å². The molecule has 6 heteroatoms. The van der Waals surface area contributed by atoms with E-state index in [4.69, 9.17) is 5.73 Å². The minimum atomic E-state index is -0.704. The van der Waals surface area contributed by atoms with E-state index in [1.807, 2.05) is 26.0 Å². The molecule has 2 amide bonds. The van der Waals surface area contributed by atoms with Crippen molar-refractivity contribution in [3.05, 3.63) is 34.4 Å². The third-order valence-corrected chi connectivity index (χ3v) is 6.66. The van der Waals surface area contributed by atoms with Crippen LogP contribution in [0.1, 0.15) is 73.6 Å². The van der Waals surface area contributed by atoms with Crippen molar-refractivity contribution in [1.82, 2.24) is 4.90 Å². The minimum Gasteiger partial charge on any atom is -0.370 e. The number of likely N-dealkylation sites (tertiary alicyclic amines) is 1. The summed E-state index contributed by atoms with van der Waals surface area (Å²) in [7, 11) is 0. The van der Waals surface area contributed by atoms with E-state index in [1.165, 1.54) is 0 Å². The van der Waals surface area contributed by atoms with Gasteiger partial charge in [0, 0.05) is 44.3 Å². The molecule has 2 aliphatic rings. The molecule has 31 heavy (non-hydrogen) atoms. The number of aryl methyl sites for hydroxylation is 2. The molecule has 1 heterocycles. The van der Waals surface area contributed by atoms with Crippen LogP contribution in [-0.4, -0.2) is 41.4 Å². The Hall–Kier alpha value is -2.94. The van der Waals surface area contributed by atoms with Crippen LogP contribution in [0, 0.1) is 31.1 Å². The van der Waals surface area contributed by atoms with Crippen LogP contribution < -0.4 is 5.73 Å². The summed E-state index contributed by atoms with van der Waals surface area (Å²) in [5.41, 5.74) is 8.33. The van der Waals surface area contributed by atoms with E-state index < -0.39 is 11.8 Å². The average Bonchev–Trinajstić information content (AvgIpc) is 2.68. The van der Waals surface area contributed by atoms with Crippen LogP contribution in [0.3, 0.4) is 0 Å². The van der Waals surface area contributed by atoms with Gasteiger partial charge in [0.25, 0.3) is 0 Å². The summed E-state index contributed by atoms with van der Waals surface area (Å²) >= 11 is 0. The zero-order valence-corrected chi connectivity index (χ0v) is 18.5. The summed E-state index contributed by atoms with van der Waals surface area (Å²) in [4.78, 5) is 51.3. The lowest BCUT2D eigenvalue weighted by atomic mass is 9.62. The number of nitrogens with zero attached hydrogens (tertiary/aromatic N) is 1. The Bertz CT molecular complexity index is 948. The fourth-order valence-corrected chi connectivity index (χ4v) is 5.13. The standard InChI is InChI=1S/C25H30N2O4/c1-4-5-18-12-16(2)23(17(3)13-18)24-19(28)14-25(15-20(24)29)8-10-27(11-9-25)22(31)7-6-21(26)30/h12-13,24H,6-11,14-15H2,1-3H3,(H2,26,30). The fraction of sp³-hybridized carbons (Fsp3) is 0.520. The Morgan fingerprint density at radius 3 is 2.10 bits per heavy atom. The second-order valence-corrected chi connectivity index (χ2v) is 8.97. The molecule has 0 bridgehead atoms. The topological polar surface area (TPSA) is 97.5 Å². The minimum absolute atomic E-state index is 0.0229. The molecule has 1 spiro atoms. The van der Waals surface area contributed by atoms with E-state index in [0.717, 1.165) is 22.3 Å². The predicted molar refractivity (Wildman–Crippen MR) is 117 cm³/mol. The van der Waals surface area contributed by atoms with E-state index in [0.29, 0.717) is 38.8 Å². The highest BCUT2D eigenvalue weighted by Crippen LogP contribution is 2.46. The second-order valence-electron chi connectivity index (χ2n) is 8.97. The monoisotopic (exact) mass is 422 g/mol. The maximum Gasteiger partial charge on any atom is 0.223 e. The van der Waals surface area contributed by atoms with Crippen molar-refractivity contribution in [2.75, 3.05) is 13.1 Å². The van der Waals surface area contributed by atoms with Gasteiger partial charge < -0.3 is 10.6 Å². The van der Waals surface area contributed by atoms with E-state index in [9.17, 15) is 19.2 Å². The molecule has 1 aliphatic heterocycles. The van der Waals surface area contributed by atoms with Gasteiger partial charge in [0.05, 0.1) is 0 Å². The summed E-state index contributed by atoms with van der Waals surface area (Å²) in [6, 6.07) is 3.89. The molecule has 2 N–H and O–H groups in total. The molecule has 164 valence electrons. The van der Waals surface area contributed by atoms with Gasteiger partial charge in [-0.05, 0) is 67.9 Å². The number of benzene rings is 1. The molecule has 0 radical (unpaired) electrons. The Morgan fingerprint density at radius 1 is 1.06 bits per heavy atom. The summed E-state index contributed by atoms with van der Waals surface area (Å²) in [6.07, 6.45) is 2.13. The van der Waals surface area contributed by atoms with Gasteiger partial charge in [-0.2, -0.15) is 0 Å². The molecule has 1 aromatic rings. The number of rotatable bonds is 4. The van der Waals surface area contributed by atoms with Gasteiger partial charge in [0.15, 0.2) is 0 Å². The van der Waals surface area contributed by atoms with Gasteiger partial charge in [-0.3, -0.25) is 19.2 Å². The zero-order valence-electron chi connectivity index (χ0n) is 18.5. The zero-order chi connectivity index (χ0) is 22.8. The van der Waals surface area contributed by atoms with Gasteiger partial charge in [0.2, 0.25) is 11.8 Å². The quantitative estimate of drug-likeness (QED) is 0.596. The van der Waals surface area contributed by atoms with E-state index in [-0.39, 0.29) is 35.7 Å². The first kappa shape index (κ1) is 22.7. The number of amides is 2. The number of carbonyl (C=O) groups is 4. The lowest BCUT2D eigenvalue weighted by molar-refractivity contribution is -0.141. The van der Waals surface area contributed by atoms with Gasteiger partial charge in [0.1, 0.15) is 17.5 Å². The second kappa shape index (κ2) is 9.05. The molecule has 3 rings (SSSR count). The van der Waals surface area contributed by atoms with Crippen LogP contribution in [0.25, 0.3) is 0 Å². The maximum atomic E-state index is 13.2. The number of nitrogens with two attached hydrogens (primary N) is 1. The normalized spacial score (nSPS) is 18.6. The van der Waals surface area contributed by atoms with Crippen molar-refractivity contribution in [2.24, 2.45) is 11.1 Å². The van der Waals surface area contributed by atoms with Gasteiger partial charge in [-0.1, -0.05) is 5.92 Å². The molecule has 0 atom stereocenters. The molecule has 6 nitrogen and oxygen atoms in total. The lowest BCUT2D eigenvalue weighted by Crippen LogP contribution is -2.48. The third kappa shape index (κ3) is 4.87. The van der Waals surface area contributed by atoms with Crippen molar-refractivity contribution >= 4 is 23.4 Å². The summed E-state index contributed by atoms with van der Waals surface area (Å²) < 4.78 is 0. The molecule has 1 aromatic carbocycles. The van der Waals surface area contributed by atoms with Crippen LogP contribution in [-0.2, 0) is 19.2 Å². The number of hydrogen-bond donors (Lipinski definition) is 1. The summed E-state index contributed by atoms with van der Waals surface area (Å²) in [5, 5.41) is 0. The van der Waals surface area contributed by atoms with Crippen molar-refractivity contribution in [3.8, 4) is 11.8 Å². The van der Waals surface area contributed by atoms with Crippen LogP contribution in [0.4, 0.5) is 0 Å². The summed E-state index contributed by atoms with van der Waals surface area (Å²) in [5.74, 6) is 4.59. The Balaban J connectivity index is 1.72. The molecule has 1 saturated carbocycles. The highest BCUT2D eigenvalue weighted by atomic mass is 16.2. The van der Waals surface area contributed by atoms with Crippen molar-refractivity contribution < 1.29 is 19.2 Å². The largest absolute Gasteiger partial charge is 0.370 e. The Labute approximate surface area is 183 Å². The Kier molecular flexibility index (Phi) is 6.64. The number of Topliss-reactive ketones (excluding diaryl/α,β-unsaturated/α-hetero) is 2. The smallest absolute Gasteiger partial charge is 0.223 e. The third-order valence-electron chi connectivity index (χ3n) is 6.66. The lowest BCUT2D eigenvalue weighted by Gasteiger charge is -2.44. The number of piperidine rings is 1. The van der Waals surface area contributed by atoms with Gasteiger partial charge >= 0.3 is 0 Å². The predicted octanol–water partition coefficient (Wildman–Crippen LogP) is 2.56. The molecule has 0 aromatic heterocycles. The SMILES string of the molecule is CC#Cc1cc(C)c(C2C(=O)CC3(CCN(C(=O)CCC(N)=O)CC3)CC2=O)c(C)c1. The van der Waals surface area contributed by atoms with Crippen LogP contribution >= 0.6 is 0 Å². The summed E-state index contributed by atoms with van der Waals surface area (Å²) in [6.45, 7) is 6.66. The highest BCUT2D eigenvalue weighted by Gasteiger charge is 2.47. The number of carbonyl (C=O) groups excluding carboxylic acids is 4. The van der Waals surface area contributed by atoms with Crippen LogP contribution in [0.15, 0.2) is 12.1 Å². The van der Waals surface area contributed by atoms with Gasteiger partial charge in [-0.25, -0.2) is 0 Å². The maximum absolute atomic E-state index is 13.2. The molecular weight excluding hydrogens is 392 g/mol. The first-order chi connectivity index (χ1) is 14.7. The molecule has 1 saturated heterocycles.